The van der Waals surface area contributed by atoms with E-state index in [1.54, 1.807) is 0 Å². The van der Waals surface area contributed by atoms with Gasteiger partial charge in [0.2, 0.25) is 0 Å². The van der Waals surface area contributed by atoms with Crippen molar-refractivity contribution in [2.24, 2.45) is 0 Å². The van der Waals surface area contributed by atoms with Crippen molar-refractivity contribution in [3.63, 3.8) is 0 Å². The number of carbonyl (C=O) groups is 1. The molecule has 1 saturated carbocycles. The molecular weight excluding hydrogens is 232 g/mol. The average molecular weight is 252 g/mol. The quantitative estimate of drug-likeness (QED) is 0.783. The van der Waals surface area contributed by atoms with Crippen molar-refractivity contribution >= 4 is 5.97 Å². The minimum atomic E-state index is -0.737. The zero-order valence-electron chi connectivity index (χ0n) is 10.6. The van der Waals surface area contributed by atoms with Crippen LogP contribution in [0.5, 0.6) is 0 Å². The van der Waals surface area contributed by atoms with Crippen molar-refractivity contribution in [3.8, 4) is 0 Å². The van der Waals surface area contributed by atoms with Crippen LogP contribution >= 0.6 is 0 Å². The van der Waals surface area contributed by atoms with Gasteiger partial charge in [-0.1, -0.05) is 19.3 Å². The predicted molar refractivity (Wildman–Crippen MR) is 65.1 cm³/mol. The topological polar surface area (TPSA) is 80.9 Å². The summed E-state index contributed by atoms with van der Waals surface area (Å²) >= 11 is 0. The highest BCUT2D eigenvalue weighted by Crippen LogP contribution is 2.30. The van der Waals surface area contributed by atoms with E-state index < -0.39 is 5.97 Å². The van der Waals surface area contributed by atoms with E-state index in [2.05, 4.69) is 15.5 Å². The number of carboxylic acid groups (broad SMARTS) is 1. The lowest BCUT2D eigenvalue weighted by Crippen LogP contribution is -2.13. The minimum absolute atomic E-state index is 0.223. The standard InChI is InChI=1S/C12H20N4O2/c17-11(18)8-4-5-9-16-12(13-14-15-16)10-6-2-1-3-7-10/h10H,1-9H2,(H,17,18). The fraction of sp³-hybridized carbons (Fsp3) is 0.833. The zero-order valence-corrected chi connectivity index (χ0v) is 10.6. The van der Waals surface area contributed by atoms with E-state index in [4.69, 9.17) is 5.11 Å². The summed E-state index contributed by atoms with van der Waals surface area (Å²) in [5.74, 6) is 0.748. The van der Waals surface area contributed by atoms with Crippen molar-refractivity contribution in [2.75, 3.05) is 0 Å². The molecule has 0 aromatic carbocycles. The zero-order chi connectivity index (χ0) is 12.8. The molecule has 1 aromatic heterocycles. The van der Waals surface area contributed by atoms with Crippen LogP contribution in [0.25, 0.3) is 0 Å². The molecule has 1 N–H and O–H groups in total. The molecule has 18 heavy (non-hydrogen) atoms. The molecule has 0 amide bonds. The van der Waals surface area contributed by atoms with Crippen LogP contribution in [0.1, 0.15) is 63.1 Å². The minimum Gasteiger partial charge on any atom is -0.481 e. The summed E-state index contributed by atoms with van der Waals surface area (Å²) in [7, 11) is 0. The number of nitrogens with zero attached hydrogens (tertiary/aromatic N) is 4. The normalized spacial score (nSPS) is 16.9. The molecule has 0 unspecified atom stereocenters. The summed E-state index contributed by atoms with van der Waals surface area (Å²) in [4.78, 5) is 10.4. The van der Waals surface area contributed by atoms with Crippen LogP contribution in [0, 0.1) is 0 Å². The number of unbranched alkanes of at least 4 members (excludes halogenated alkanes) is 1. The molecule has 6 nitrogen and oxygen atoms in total. The smallest absolute Gasteiger partial charge is 0.303 e. The van der Waals surface area contributed by atoms with Crippen LogP contribution < -0.4 is 0 Å². The molecule has 1 aliphatic rings. The van der Waals surface area contributed by atoms with Crippen molar-refractivity contribution in [3.05, 3.63) is 5.82 Å². The lowest BCUT2D eigenvalue weighted by Gasteiger charge is -2.20. The Kier molecular flexibility index (Phi) is 4.66. The van der Waals surface area contributed by atoms with Gasteiger partial charge in [0.1, 0.15) is 0 Å². The molecule has 1 fully saturated rings. The Morgan fingerprint density at radius 1 is 1.28 bits per heavy atom. The van der Waals surface area contributed by atoms with Crippen molar-refractivity contribution < 1.29 is 9.90 Å². The van der Waals surface area contributed by atoms with Gasteiger partial charge in [-0.25, -0.2) is 4.68 Å². The van der Waals surface area contributed by atoms with Crippen LogP contribution in [0.15, 0.2) is 0 Å². The van der Waals surface area contributed by atoms with E-state index >= 15 is 0 Å². The number of hydrogen-bond donors (Lipinski definition) is 1. The van der Waals surface area contributed by atoms with Crippen LogP contribution in [0.2, 0.25) is 0 Å². The Morgan fingerprint density at radius 3 is 2.78 bits per heavy atom. The summed E-state index contributed by atoms with van der Waals surface area (Å²) in [6.07, 6.45) is 7.91. The SMILES string of the molecule is O=C(O)CCCCn1nnnc1C1CCCCC1. The Hall–Kier alpha value is -1.46. The van der Waals surface area contributed by atoms with Gasteiger partial charge < -0.3 is 5.11 Å². The first-order valence-corrected chi connectivity index (χ1v) is 6.75. The lowest BCUT2D eigenvalue weighted by molar-refractivity contribution is -0.137. The monoisotopic (exact) mass is 252 g/mol. The molecule has 0 radical (unpaired) electrons. The van der Waals surface area contributed by atoms with Gasteiger partial charge >= 0.3 is 5.97 Å². The van der Waals surface area contributed by atoms with Crippen molar-refractivity contribution in [2.45, 2.75) is 63.8 Å². The summed E-state index contributed by atoms with van der Waals surface area (Å²) in [6, 6.07) is 0. The molecule has 0 aliphatic heterocycles. The molecule has 0 spiro atoms. The molecular formula is C12H20N4O2. The van der Waals surface area contributed by atoms with Gasteiger partial charge in [0.15, 0.2) is 5.82 Å². The fourth-order valence-electron chi connectivity index (χ4n) is 2.56. The highest BCUT2D eigenvalue weighted by atomic mass is 16.4. The van der Waals surface area contributed by atoms with Gasteiger partial charge in [-0.2, -0.15) is 0 Å². The molecule has 6 heteroatoms. The molecule has 0 saturated heterocycles. The number of aryl methyl sites for hydroxylation is 1. The second-order valence-corrected chi connectivity index (χ2v) is 4.95. The third-order valence-corrected chi connectivity index (χ3v) is 3.54. The summed E-state index contributed by atoms with van der Waals surface area (Å²) in [5, 5.41) is 20.5. The van der Waals surface area contributed by atoms with Gasteiger partial charge in [0, 0.05) is 18.9 Å². The second-order valence-electron chi connectivity index (χ2n) is 4.95. The number of aromatic nitrogens is 4. The first-order chi connectivity index (χ1) is 8.77. The number of aliphatic carboxylic acids is 1. The average Bonchev–Trinajstić information content (AvgIpc) is 2.84. The van der Waals surface area contributed by atoms with Gasteiger partial charge in [0.25, 0.3) is 0 Å². The lowest BCUT2D eigenvalue weighted by atomic mass is 9.89. The Morgan fingerprint density at radius 2 is 2.06 bits per heavy atom. The molecule has 1 aliphatic carbocycles. The van der Waals surface area contributed by atoms with Crippen LogP contribution in [0.4, 0.5) is 0 Å². The summed E-state index contributed by atoms with van der Waals surface area (Å²) in [5.41, 5.74) is 0. The number of tetrazole rings is 1. The van der Waals surface area contributed by atoms with Crippen LogP contribution in [0.3, 0.4) is 0 Å². The van der Waals surface area contributed by atoms with Gasteiger partial charge in [-0.05, 0) is 36.1 Å². The Labute approximate surface area is 106 Å². The van der Waals surface area contributed by atoms with E-state index in [1.807, 2.05) is 4.68 Å². The molecule has 1 heterocycles. The van der Waals surface area contributed by atoms with Crippen molar-refractivity contribution in [1.82, 2.24) is 20.2 Å². The molecule has 1 aromatic rings. The third-order valence-electron chi connectivity index (χ3n) is 3.54. The number of carboxylic acids is 1. The van der Waals surface area contributed by atoms with Crippen molar-refractivity contribution in [1.29, 1.82) is 0 Å². The largest absolute Gasteiger partial charge is 0.481 e. The van der Waals surface area contributed by atoms with Crippen LogP contribution in [-0.4, -0.2) is 31.3 Å². The first-order valence-electron chi connectivity index (χ1n) is 6.75. The number of hydrogen-bond acceptors (Lipinski definition) is 4. The molecule has 0 bridgehead atoms. The maximum Gasteiger partial charge on any atom is 0.303 e. The predicted octanol–water partition coefficient (Wildman–Crippen LogP) is 1.98. The van der Waals surface area contributed by atoms with E-state index in [0.29, 0.717) is 12.3 Å². The number of rotatable bonds is 6. The van der Waals surface area contributed by atoms with E-state index in [1.165, 1.54) is 32.1 Å². The Balaban J connectivity index is 1.85. The van der Waals surface area contributed by atoms with Gasteiger partial charge in [-0.3, -0.25) is 4.79 Å². The van der Waals surface area contributed by atoms with E-state index in [9.17, 15) is 4.79 Å². The molecule has 2 rings (SSSR count). The van der Waals surface area contributed by atoms with E-state index in [-0.39, 0.29) is 6.42 Å². The molecule has 0 atom stereocenters. The van der Waals surface area contributed by atoms with Crippen LogP contribution in [-0.2, 0) is 11.3 Å². The second kappa shape index (κ2) is 6.47. The van der Waals surface area contributed by atoms with E-state index in [0.717, 1.165) is 18.8 Å². The maximum atomic E-state index is 10.4. The van der Waals surface area contributed by atoms with Gasteiger partial charge in [-0.15, -0.1) is 5.10 Å². The fourth-order valence-corrected chi connectivity index (χ4v) is 2.56. The third kappa shape index (κ3) is 3.51. The van der Waals surface area contributed by atoms with Gasteiger partial charge in [0.05, 0.1) is 0 Å². The Bertz CT molecular complexity index is 385. The highest BCUT2D eigenvalue weighted by molar-refractivity contribution is 5.66. The molecule has 100 valence electrons. The summed E-state index contributed by atoms with van der Waals surface area (Å²) < 4.78 is 1.86. The first kappa shape index (κ1) is 13.0. The summed E-state index contributed by atoms with van der Waals surface area (Å²) in [6.45, 7) is 0.728. The highest BCUT2D eigenvalue weighted by Gasteiger charge is 2.21. The maximum absolute atomic E-state index is 10.4.